The van der Waals surface area contributed by atoms with Crippen molar-refractivity contribution in [1.82, 2.24) is 5.43 Å². The number of carbonyl (C=O) groups excluding carboxylic acids is 1. The van der Waals surface area contributed by atoms with Gasteiger partial charge in [-0.1, -0.05) is 50.3 Å². The second-order valence-corrected chi connectivity index (χ2v) is 3.29. The van der Waals surface area contributed by atoms with Crippen molar-refractivity contribution >= 4 is 5.91 Å². The van der Waals surface area contributed by atoms with E-state index in [1.807, 2.05) is 62.6 Å². The first-order chi connectivity index (χ1) is 9.19. The maximum atomic E-state index is 11.1. The SMILES string of the molecule is C=CC.CC.N#CC(Cc1ccccc1)C(=O)NN. The Morgan fingerprint density at radius 1 is 1.47 bits per heavy atom. The van der Waals surface area contributed by atoms with Crippen molar-refractivity contribution < 1.29 is 4.79 Å². The summed E-state index contributed by atoms with van der Waals surface area (Å²) in [6.45, 7) is 9.25. The largest absolute Gasteiger partial charge is 0.293 e. The van der Waals surface area contributed by atoms with Gasteiger partial charge in [0.1, 0.15) is 5.92 Å². The lowest BCUT2D eigenvalue weighted by molar-refractivity contribution is -0.123. The van der Waals surface area contributed by atoms with E-state index < -0.39 is 11.8 Å². The topological polar surface area (TPSA) is 78.9 Å². The van der Waals surface area contributed by atoms with E-state index in [2.05, 4.69) is 6.58 Å². The van der Waals surface area contributed by atoms with E-state index in [1.54, 1.807) is 6.08 Å². The van der Waals surface area contributed by atoms with Crippen LogP contribution < -0.4 is 11.3 Å². The fourth-order valence-electron chi connectivity index (χ4n) is 1.15. The third kappa shape index (κ3) is 9.57. The number of benzene rings is 1. The number of allylic oxidation sites excluding steroid dienone is 1. The number of nitrogens with two attached hydrogens (primary N) is 1. The van der Waals surface area contributed by atoms with Crippen LogP contribution in [0.2, 0.25) is 0 Å². The number of hydrazine groups is 1. The van der Waals surface area contributed by atoms with E-state index >= 15 is 0 Å². The molecule has 4 nitrogen and oxygen atoms in total. The van der Waals surface area contributed by atoms with Crippen LogP contribution in [0.15, 0.2) is 43.0 Å². The van der Waals surface area contributed by atoms with Crippen molar-refractivity contribution in [3.05, 3.63) is 48.6 Å². The molecule has 19 heavy (non-hydrogen) atoms. The highest BCUT2D eigenvalue weighted by Crippen LogP contribution is 2.07. The maximum absolute atomic E-state index is 11.1. The Morgan fingerprint density at radius 3 is 2.32 bits per heavy atom. The molecule has 0 spiro atoms. The zero-order valence-corrected chi connectivity index (χ0v) is 11.9. The van der Waals surface area contributed by atoms with E-state index in [9.17, 15) is 4.79 Å². The van der Waals surface area contributed by atoms with E-state index in [1.165, 1.54) is 0 Å². The first kappa shape index (κ1) is 19.2. The van der Waals surface area contributed by atoms with Gasteiger partial charge in [0.2, 0.25) is 0 Å². The van der Waals surface area contributed by atoms with Gasteiger partial charge in [-0.05, 0) is 18.9 Å². The quantitative estimate of drug-likeness (QED) is 0.380. The summed E-state index contributed by atoms with van der Waals surface area (Å²) < 4.78 is 0. The second-order valence-electron chi connectivity index (χ2n) is 3.29. The summed E-state index contributed by atoms with van der Waals surface area (Å²) in [7, 11) is 0. The zero-order chi connectivity index (χ0) is 15.1. The normalized spacial score (nSPS) is 9.42. The first-order valence-electron chi connectivity index (χ1n) is 6.20. The Hall–Kier alpha value is -2.12. The average molecular weight is 261 g/mol. The monoisotopic (exact) mass is 261 g/mol. The van der Waals surface area contributed by atoms with Crippen LogP contribution in [0.3, 0.4) is 0 Å². The molecule has 4 heteroatoms. The van der Waals surface area contributed by atoms with Crippen molar-refractivity contribution in [2.75, 3.05) is 0 Å². The van der Waals surface area contributed by atoms with Crippen molar-refractivity contribution in [2.45, 2.75) is 27.2 Å². The lowest BCUT2D eigenvalue weighted by Crippen LogP contribution is -2.36. The number of rotatable bonds is 3. The highest BCUT2D eigenvalue weighted by Gasteiger charge is 2.16. The van der Waals surface area contributed by atoms with Crippen molar-refractivity contribution in [1.29, 1.82) is 5.26 Å². The minimum absolute atomic E-state index is 0.389. The minimum atomic E-state index is -0.720. The summed E-state index contributed by atoms with van der Waals surface area (Å²) in [6.07, 6.45) is 2.14. The molecule has 0 heterocycles. The maximum Gasteiger partial charge on any atom is 0.251 e. The molecule has 104 valence electrons. The Balaban J connectivity index is 0. The predicted molar refractivity (Wildman–Crippen MR) is 78.8 cm³/mol. The number of nitrogens with one attached hydrogen (secondary N) is 1. The molecule has 0 saturated carbocycles. The van der Waals surface area contributed by atoms with Gasteiger partial charge in [0.15, 0.2) is 0 Å². The lowest BCUT2D eigenvalue weighted by atomic mass is 10.0. The molecular weight excluding hydrogens is 238 g/mol. The van der Waals surface area contributed by atoms with Gasteiger partial charge in [0.05, 0.1) is 6.07 Å². The third-order valence-electron chi connectivity index (χ3n) is 1.90. The smallest absolute Gasteiger partial charge is 0.251 e. The van der Waals surface area contributed by atoms with Gasteiger partial charge in [-0.2, -0.15) is 5.26 Å². The Bertz CT molecular complexity index is 382. The Morgan fingerprint density at radius 2 is 1.95 bits per heavy atom. The fraction of sp³-hybridized carbons (Fsp3) is 0.333. The molecule has 0 fully saturated rings. The zero-order valence-electron chi connectivity index (χ0n) is 11.9. The van der Waals surface area contributed by atoms with Gasteiger partial charge >= 0.3 is 0 Å². The van der Waals surface area contributed by atoms with Gasteiger partial charge in [0, 0.05) is 0 Å². The molecule has 0 radical (unpaired) electrons. The van der Waals surface area contributed by atoms with Crippen LogP contribution in [0, 0.1) is 17.2 Å². The molecule has 3 N–H and O–H groups in total. The van der Waals surface area contributed by atoms with E-state index in [0.717, 1.165) is 5.56 Å². The molecule has 0 bridgehead atoms. The predicted octanol–water partition coefficient (Wildman–Crippen LogP) is 2.58. The van der Waals surface area contributed by atoms with Gasteiger partial charge in [-0.25, -0.2) is 5.84 Å². The van der Waals surface area contributed by atoms with Crippen LogP contribution in [0.1, 0.15) is 26.3 Å². The summed E-state index contributed by atoms with van der Waals surface area (Å²) in [5.41, 5.74) is 2.92. The van der Waals surface area contributed by atoms with Gasteiger partial charge in [0.25, 0.3) is 5.91 Å². The van der Waals surface area contributed by atoms with Crippen LogP contribution in [0.25, 0.3) is 0 Å². The van der Waals surface area contributed by atoms with E-state index in [-0.39, 0.29) is 0 Å². The van der Waals surface area contributed by atoms with Crippen molar-refractivity contribution in [3.63, 3.8) is 0 Å². The fourth-order valence-corrected chi connectivity index (χ4v) is 1.15. The van der Waals surface area contributed by atoms with Gasteiger partial charge in [-0.3, -0.25) is 10.2 Å². The number of nitrogens with zero attached hydrogens (tertiary/aromatic N) is 1. The highest BCUT2D eigenvalue weighted by molar-refractivity contribution is 5.80. The van der Waals surface area contributed by atoms with E-state index in [0.29, 0.717) is 6.42 Å². The molecular formula is C15H23N3O. The van der Waals surface area contributed by atoms with Gasteiger partial charge in [-0.15, -0.1) is 6.58 Å². The van der Waals surface area contributed by atoms with Crippen molar-refractivity contribution in [2.24, 2.45) is 11.8 Å². The van der Waals surface area contributed by atoms with Crippen LogP contribution in [-0.2, 0) is 11.2 Å². The summed E-state index contributed by atoms with van der Waals surface area (Å²) in [5, 5.41) is 8.72. The lowest BCUT2D eigenvalue weighted by Gasteiger charge is -2.06. The molecule has 1 unspecified atom stereocenters. The highest BCUT2D eigenvalue weighted by atomic mass is 16.2. The molecule has 0 aliphatic heterocycles. The van der Waals surface area contributed by atoms with Crippen LogP contribution in [0.5, 0.6) is 0 Å². The molecule has 0 aromatic heterocycles. The molecule has 0 aliphatic carbocycles. The summed E-state index contributed by atoms with van der Waals surface area (Å²) in [6, 6.07) is 11.3. The number of amides is 1. The molecule has 0 aliphatic rings. The third-order valence-corrected chi connectivity index (χ3v) is 1.90. The average Bonchev–Trinajstić information content (AvgIpc) is 2.48. The van der Waals surface area contributed by atoms with Gasteiger partial charge < -0.3 is 0 Å². The number of hydrogen-bond donors (Lipinski definition) is 2. The Labute approximate surface area is 115 Å². The second kappa shape index (κ2) is 13.9. The Kier molecular flexibility index (Phi) is 14.1. The minimum Gasteiger partial charge on any atom is -0.293 e. The van der Waals surface area contributed by atoms with Crippen LogP contribution in [-0.4, -0.2) is 5.91 Å². The number of hydrogen-bond acceptors (Lipinski definition) is 3. The molecule has 1 aromatic carbocycles. The molecule has 1 amide bonds. The molecule has 0 saturated heterocycles. The van der Waals surface area contributed by atoms with Crippen LogP contribution >= 0.6 is 0 Å². The first-order valence-corrected chi connectivity index (χ1v) is 6.20. The molecule has 1 aromatic rings. The summed E-state index contributed by atoms with van der Waals surface area (Å²) in [4.78, 5) is 11.1. The molecule has 1 atom stereocenters. The standard InChI is InChI=1S/C10H11N3O.C3H6.C2H6/c11-7-9(10(14)13-12)6-8-4-2-1-3-5-8;1-3-2;1-2/h1-5,9H,6,12H2,(H,13,14);3H,1H2,2H3;1-2H3. The summed E-state index contributed by atoms with van der Waals surface area (Å²) >= 11 is 0. The number of nitriles is 1. The van der Waals surface area contributed by atoms with E-state index in [4.69, 9.17) is 11.1 Å². The molecule has 1 rings (SSSR count). The van der Waals surface area contributed by atoms with Crippen molar-refractivity contribution in [3.8, 4) is 6.07 Å². The summed E-state index contributed by atoms with van der Waals surface area (Å²) in [5.74, 6) is 3.78. The number of carbonyl (C=O) groups is 1. The van der Waals surface area contributed by atoms with Crippen LogP contribution in [0.4, 0.5) is 0 Å².